The molecule has 272 valence electrons. The Morgan fingerprint density at radius 3 is 2.40 bits per heavy atom. The van der Waals surface area contributed by atoms with E-state index in [0.29, 0.717) is 33.4 Å². The second-order valence-corrected chi connectivity index (χ2v) is 14.8. The molecule has 2 saturated heterocycles. The van der Waals surface area contributed by atoms with Crippen LogP contribution in [0, 0.1) is 24.5 Å². The number of benzene rings is 3. The Morgan fingerprint density at radius 1 is 0.962 bits per heavy atom. The molecule has 7 rings (SSSR count). The van der Waals surface area contributed by atoms with E-state index in [1.165, 1.54) is 88.9 Å². The Balaban J connectivity index is 1.03. The van der Waals surface area contributed by atoms with E-state index in [-0.39, 0.29) is 11.3 Å². The third-order valence-electron chi connectivity index (χ3n) is 10.7. The minimum Gasteiger partial charge on any atom is -0.386 e. The number of piperidine rings is 1. The number of aliphatic hydroxyl groups is 1. The van der Waals surface area contributed by atoms with Gasteiger partial charge < -0.3 is 25.6 Å². The number of H-pyrrole nitrogens is 1. The summed E-state index contributed by atoms with van der Waals surface area (Å²) in [4.78, 5) is 30.6. The molecule has 0 bridgehead atoms. The van der Waals surface area contributed by atoms with E-state index in [1.807, 2.05) is 6.07 Å². The summed E-state index contributed by atoms with van der Waals surface area (Å²) in [5.74, 6) is -1.22. The van der Waals surface area contributed by atoms with Gasteiger partial charge in [-0.2, -0.15) is 0 Å². The van der Waals surface area contributed by atoms with E-state index in [0.717, 1.165) is 56.0 Å². The number of nitrogens with zero attached hydrogens (tertiary/aromatic N) is 4. The lowest BCUT2D eigenvalue weighted by Gasteiger charge is -2.35. The van der Waals surface area contributed by atoms with Gasteiger partial charge in [0.05, 0.1) is 16.9 Å². The van der Waals surface area contributed by atoms with Crippen LogP contribution >= 0.6 is 0 Å². The Morgan fingerprint density at radius 2 is 1.69 bits per heavy atom. The van der Waals surface area contributed by atoms with Gasteiger partial charge in [-0.1, -0.05) is 30.3 Å². The highest BCUT2D eigenvalue weighted by molar-refractivity contribution is 6.06. The molecule has 2 aromatic heterocycles. The number of hydrogen-bond donors (Lipinski definition) is 4. The molecule has 4 heterocycles. The van der Waals surface area contributed by atoms with E-state index in [9.17, 15) is 14.3 Å². The van der Waals surface area contributed by atoms with Gasteiger partial charge in [0.1, 0.15) is 23.6 Å². The van der Waals surface area contributed by atoms with Gasteiger partial charge in [-0.3, -0.25) is 9.69 Å². The van der Waals surface area contributed by atoms with Crippen LogP contribution < -0.4 is 10.6 Å². The lowest BCUT2D eigenvalue weighted by molar-refractivity contribution is 0.0780. The first-order valence-electron chi connectivity index (χ1n) is 18.2. The smallest absolute Gasteiger partial charge is 0.258 e. The maximum Gasteiger partial charge on any atom is 0.258 e. The van der Waals surface area contributed by atoms with E-state index in [1.54, 1.807) is 6.92 Å². The van der Waals surface area contributed by atoms with Gasteiger partial charge in [0.25, 0.3) is 5.91 Å². The first kappa shape index (κ1) is 35.8. The summed E-state index contributed by atoms with van der Waals surface area (Å²) < 4.78 is 30.0. The SMILES string of the molecule is Cc1c(NC(=O)c2ccc(C(C)(C)O)cc2F)cc(F)cc1-c1ncnc2[nH]c(-c3ccc(CN4CCN(CCC5CCNCC5)CC4)cc3)cc12. The zero-order valence-corrected chi connectivity index (χ0v) is 30.1. The quantitative estimate of drug-likeness (QED) is 0.126. The predicted molar refractivity (Wildman–Crippen MR) is 201 cm³/mol. The highest BCUT2D eigenvalue weighted by atomic mass is 19.1. The maximum absolute atomic E-state index is 15.1. The average Bonchev–Trinajstić information content (AvgIpc) is 3.58. The van der Waals surface area contributed by atoms with Gasteiger partial charge >= 0.3 is 0 Å². The molecule has 0 unspecified atom stereocenters. The third-order valence-corrected chi connectivity index (χ3v) is 10.7. The van der Waals surface area contributed by atoms with Crippen LogP contribution in [0.1, 0.15) is 60.2 Å². The second kappa shape index (κ2) is 15.2. The normalized spacial score (nSPS) is 16.4. The lowest BCUT2D eigenvalue weighted by Crippen LogP contribution is -2.46. The molecule has 1 amide bonds. The fraction of sp³-hybridized carbons (Fsp3) is 0.390. The number of nitrogens with one attached hydrogen (secondary N) is 3. The minimum atomic E-state index is -1.27. The molecular weight excluding hydrogens is 660 g/mol. The molecule has 52 heavy (non-hydrogen) atoms. The molecule has 2 aliphatic rings. The maximum atomic E-state index is 15.1. The molecule has 2 aliphatic heterocycles. The van der Waals surface area contributed by atoms with Crippen molar-refractivity contribution >= 4 is 22.6 Å². The number of aromatic nitrogens is 3. The topological polar surface area (TPSA) is 109 Å². The summed E-state index contributed by atoms with van der Waals surface area (Å²) in [5.41, 5.74) is 4.33. The number of carbonyl (C=O) groups excluding carboxylic acids is 1. The molecule has 3 aromatic carbocycles. The number of fused-ring (bicyclic) bond motifs is 1. The number of aromatic amines is 1. The van der Waals surface area contributed by atoms with Gasteiger partial charge in [-0.25, -0.2) is 18.7 Å². The van der Waals surface area contributed by atoms with Crippen LogP contribution in [0.15, 0.2) is 67.0 Å². The van der Waals surface area contributed by atoms with Crippen molar-refractivity contribution in [3.05, 3.63) is 101 Å². The number of rotatable bonds is 10. The number of carbonyl (C=O) groups is 1. The first-order chi connectivity index (χ1) is 25.0. The van der Waals surface area contributed by atoms with E-state index in [4.69, 9.17) is 0 Å². The van der Waals surface area contributed by atoms with E-state index in [2.05, 4.69) is 59.7 Å². The molecule has 0 spiro atoms. The molecule has 11 heteroatoms. The van der Waals surface area contributed by atoms with Crippen LogP contribution in [0.25, 0.3) is 33.5 Å². The third kappa shape index (κ3) is 8.08. The number of halogens is 2. The summed E-state index contributed by atoms with van der Waals surface area (Å²) >= 11 is 0. The van der Waals surface area contributed by atoms with Gasteiger partial charge in [0.15, 0.2) is 0 Å². The summed E-state index contributed by atoms with van der Waals surface area (Å²) in [6.07, 6.45) is 5.36. The van der Waals surface area contributed by atoms with Crippen molar-refractivity contribution in [3.8, 4) is 22.5 Å². The van der Waals surface area contributed by atoms with Crippen LogP contribution in [-0.2, 0) is 12.1 Å². The Hall–Kier alpha value is -4.55. The first-order valence-corrected chi connectivity index (χ1v) is 18.2. The second-order valence-electron chi connectivity index (χ2n) is 14.8. The molecule has 0 saturated carbocycles. The highest BCUT2D eigenvalue weighted by Gasteiger charge is 2.23. The van der Waals surface area contributed by atoms with Crippen molar-refractivity contribution in [3.63, 3.8) is 0 Å². The molecule has 5 aromatic rings. The van der Waals surface area contributed by atoms with Crippen LogP contribution in [0.5, 0.6) is 0 Å². The highest BCUT2D eigenvalue weighted by Crippen LogP contribution is 2.35. The molecule has 0 radical (unpaired) electrons. The molecular formula is C41H47F2N7O2. The monoisotopic (exact) mass is 707 g/mol. The van der Waals surface area contributed by atoms with Gasteiger partial charge in [-0.05, 0) is 118 Å². The molecule has 2 fully saturated rings. The van der Waals surface area contributed by atoms with Gasteiger partial charge in [-0.15, -0.1) is 0 Å². The van der Waals surface area contributed by atoms with Crippen LogP contribution in [0.2, 0.25) is 0 Å². The standard InChI is InChI=1S/C41H47F2N7O2/c1-26-33(21-31(42)22-36(26)48-40(51)32-9-8-30(20-35(32)43)41(2,3)52)38-34-23-37(47-39(34)46-25-45-38)29-6-4-28(5-7-29)24-50-18-16-49(17-19-50)15-12-27-10-13-44-14-11-27/h4-9,20-23,25,27,44,52H,10-19,24H2,1-3H3,(H,48,51)(H,45,46,47). The number of piperazine rings is 1. The average molecular weight is 708 g/mol. The summed E-state index contributed by atoms with van der Waals surface area (Å²) in [6, 6.07) is 17.0. The Labute approximate surface area is 303 Å². The van der Waals surface area contributed by atoms with Crippen molar-refractivity contribution in [2.75, 3.05) is 51.1 Å². The molecule has 4 N–H and O–H groups in total. The minimum absolute atomic E-state index is 0.197. The van der Waals surface area contributed by atoms with Crippen molar-refractivity contribution < 1.29 is 18.7 Å². The Bertz CT molecular complexity index is 2040. The largest absolute Gasteiger partial charge is 0.386 e. The predicted octanol–water partition coefficient (Wildman–Crippen LogP) is 6.87. The Kier molecular flexibility index (Phi) is 10.5. The van der Waals surface area contributed by atoms with E-state index >= 15 is 4.39 Å². The zero-order chi connectivity index (χ0) is 36.4. The van der Waals surface area contributed by atoms with Crippen molar-refractivity contribution in [1.82, 2.24) is 30.1 Å². The van der Waals surface area contributed by atoms with Crippen LogP contribution in [-0.4, -0.2) is 81.6 Å². The van der Waals surface area contributed by atoms with Crippen molar-refractivity contribution in [1.29, 1.82) is 0 Å². The van der Waals surface area contributed by atoms with Crippen LogP contribution in [0.4, 0.5) is 14.5 Å². The van der Waals surface area contributed by atoms with E-state index < -0.39 is 23.1 Å². The number of hydrogen-bond acceptors (Lipinski definition) is 7. The fourth-order valence-electron chi connectivity index (χ4n) is 7.39. The van der Waals surface area contributed by atoms with Crippen molar-refractivity contribution in [2.45, 2.75) is 52.2 Å². The van der Waals surface area contributed by atoms with Gasteiger partial charge in [0.2, 0.25) is 0 Å². The number of anilines is 1. The lowest BCUT2D eigenvalue weighted by atomic mass is 9.94. The molecule has 0 aliphatic carbocycles. The molecule has 0 atom stereocenters. The van der Waals surface area contributed by atoms with Gasteiger partial charge in [0, 0.05) is 55.1 Å². The number of amides is 1. The summed E-state index contributed by atoms with van der Waals surface area (Å²) in [7, 11) is 0. The van der Waals surface area contributed by atoms with Crippen LogP contribution in [0.3, 0.4) is 0 Å². The fourth-order valence-corrected chi connectivity index (χ4v) is 7.39. The summed E-state index contributed by atoms with van der Waals surface area (Å²) in [6.45, 7) is 13.7. The molecule has 9 nitrogen and oxygen atoms in total. The summed E-state index contributed by atoms with van der Waals surface area (Å²) in [5, 5.41) is 17.1. The van der Waals surface area contributed by atoms with Crippen molar-refractivity contribution in [2.24, 2.45) is 5.92 Å². The zero-order valence-electron chi connectivity index (χ0n) is 30.1.